The zero-order valence-corrected chi connectivity index (χ0v) is 21.8. The third-order valence-electron chi connectivity index (χ3n) is 5.02. The fraction of sp³-hybridized carbons (Fsp3) is 0.240. The number of aryl methyl sites for hydroxylation is 1. The molecule has 5 nitrogen and oxygen atoms in total. The molecule has 0 aliphatic carbocycles. The number of guanidine groups is 1. The van der Waals surface area contributed by atoms with Crippen LogP contribution in [0.15, 0.2) is 82.7 Å². The highest BCUT2D eigenvalue weighted by atomic mass is 127. The zero-order valence-electron chi connectivity index (χ0n) is 18.6. The number of aliphatic imine (C=N–C) groups is 1. The van der Waals surface area contributed by atoms with Gasteiger partial charge in [0.1, 0.15) is 0 Å². The van der Waals surface area contributed by atoms with E-state index >= 15 is 0 Å². The van der Waals surface area contributed by atoms with Gasteiger partial charge in [-0.3, -0.25) is 4.99 Å². The first kappa shape index (κ1) is 25.9. The standard InChI is InChI=1S/C25H29N3O2S.HI/c1-19-6-4-8-22(16-19)23-9-5-7-21(17-23)18-28-25(26-2)27-15-14-20-10-12-24(13-11-20)31(3,29)30;/h4-13,16-17H,14-15,18H2,1-3H3,(H2,26,27,28);1H. The van der Waals surface area contributed by atoms with E-state index in [9.17, 15) is 8.42 Å². The summed E-state index contributed by atoms with van der Waals surface area (Å²) in [5, 5.41) is 6.66. The fourth-order valence-corrected chi connectivity index (χ4v) is 3.95. The second-order valence-electron chi connectivity index (χ2n) is 7.59. The second kappa shape index (κ2) is 12.0. The molecule has 170 valence electrons. The van der Waals surface area contributed by atoms with Crippen LogP contribution in [0.4, 0.5) is 0 Å². The number of benzene rings is 3. The van der Waals surface area contributed by atoms with Gasteiger partial charge in [-0.15, -0.1) is 24.0 Å². The van der Waals surface area contributed by atoms with Crippen LogP contribution in [0.2, 0.25) is 0 Å². The van der Waals surface area contributed by atoms with E-state index in [-0.39, 0.29) is 24.0 Å². The van der Waals surface area contributed by atoms with Gasteiger partial charge < -0.3 is 10.6 Å². The summed E-state index contributed by atoms with van der Waals surface area (Å²) in [6, 6.07) is 24.0. The number of rotatable bonds is 7. The number of halogens is 1. The monoisotopic (exact) mass is 563 g/mol. The Hall–Kier alpha value is -2.39. The Bertz CT molecular complexity index is 1160. The van der Waals surface area contributed by atoms with Gasteiger partial charge >= 0.3 is 0 Å². The molecule has 32 heavy (non-hydrogen) atoms. The molecule has 0 aromatic heterocycles. The summed E-state index contributed by atoms with van der Waals surface area (Å²) in [7, 11) is -1.41. The molecule has 0 spiro atoms. The SMILES string of the molecule is CN=C(NCCc1ccc(S(C)(=O)=O)cc1)NCc1cccc(-c2cccc(C)c2)c1.I. The van der Waals surface area contributed by atoms with E-state index in [4.69, 9.17) is 0 Å². The summed E-state index contributed by atoms with van der Waals surface area (Å²) in [5.41, 5.74) is 5.91. The summed E-state index contributed by atoms with van der Waals surface area (Å²) >= 11 is 0. The van der Waals surface area contributed by atoms with Gasteiger partial charge in [0.05, 0.1) is 4.90 Å². The van der Waals surface area contributed by atoms with Gasteiger partial charge in [0.2, 0.25) is 0 Å². The highest BCUT2D eigenvalue weighted by Crippen LogP contribution is 2.21. The van der Waals surface area contributed by atoms with Crippen molar-refractivity contribution in [1.82, 2.24) is 10.6 Å². The van der Waals surface area contributed by atoms with Crippen molar-refractivity contribution in [3.05, 3.63) is 89.5 Å². The van der Waals surface area contributed by atoms with E-state index in [1.54, 1.807) is 19.2 Å². The minimum atomic E-state index is -3.16. The number of hydrogen-bond donors (Lipinski definition) is 2. The summed E-state index contributed by atoms with van der Waals surface area (Å²) in [4.78, 5) is 4.63. The third kappa shape index (κ3) is 7.63. The lowest BCUT2D eigenvalue weighted by Gasteiger charge is -2.13. The molecule has 0 fully saturated rings. The van der Waals surface area contributed by atoms with Crippen LogP contribution in [-0.2, 0) is 22.8 Å². The molecular weight excluding hydrogens is 533 g/mol. The van der Waals surface area contributed by atoms with E-state index in [0.29, 0.717) is 18.0 Å². The van der Waals surface area contributed by atoms with Crippen LogP contribution in [0.1, 0.15) is 16.7 Å². The van der Waals surface area contributed by atoms with Gasteiger partial charge in [0.15, 0.2) is 15.8 Å². The van der Waals surface area contributed by atoms with E-state index in [1.807, 2.05) is 12.1 Å². The zero-order chi connectivity index (χ0) is 22.3. The summed E-state index contributed by atoms with van der Waals surface area (Å²) in [6.45, 7) is 3.47. The molecule has 0 radical (unpaired) electrons. The smallest absolute Gasteiger partial charge is 0.191 e. The minimum absolute atomic E-state index is 0. The average molecular weight is 564 g/mol. The molecule has 3 aromatic rings. The molecule has 0 bridgehead atoms. The van der Waals surface area contributed by atoms with Crippen LogP contribution in [0.5, 0.6) is 0 Å². The van der Waals surface area contributed by atoms with Gasteiger partial charge in [-0.25, -0.2) is 8.42 Å². The number of sulfone groups is 1. The normalized spacial score (nSPS) is 11.5. The van der Waals surface area contributed by atoms with Crippen LogP contribution in [0, 0.1) is 6.92 Å². The predicted octanol–water partition coefficient (Wildman–Crippen LogP) is 4.59. The van der Waals surface area contributed by atoms with Crippen molar-refractivity contribution in [2.24, 2.45) is 4.99 Å². The van der Waals surface area contributed by atoms with Gasteiger partial charge in [0.25, 0.3) is 0 Å². The summed E-state index contributed by atoms with van der Waals surface area (Å²) < 4.78 is 23.1. The predicted molar refractivity (Wildman–Crippen MR) is 143 cm³/mol. The van der Waals surface area contributed by atoms with Crippen LogP contribution in [-0.4, -0.2) is 34.2 Å². The quantitative estimate of drug-likeness (QED) is 0.251. The Morgan fingerprint density at radius 3 is 2.16 bits per heavy atom. The van der Waals surface area contributed by atoms with Gasteiger partial charge in [0, 0.05) is 26.4 Å². The maximum Gasteiger partial charge on any atom is 0.191 e. The lowest BCUT2D eigenvalue weighted by atomic mass is 10.0. The maximum absolute atomic E-state index is 11.6. The largest absolute Gasteiger partial charge is 0.356 e. The summed E-state index contributed by atoms with van der Waals surface area (Å²) in [5.74, 6) is 0.730. The average Bonchev–Trinajstić information content (AvgIpc) is 2.76. The van der Waals surface area contributed by atoms with Crippen LogP contribution in [0.25, 0.3) is 11.1 Å². The van der Waals surface area contributed by atoms with Crippen molar-refractivity contribution in [2.75, 3.05) is 19.8 Å². The Labute approximate surface area is 208 Å². The van der Waals surface area contributed by atoms with E-state index in [1.165, 1.54) is 28.5 Å². The van der Waals surface area contributed by atoms with Crippen LogP contribution < -0.4 is 10.6 Å². The molecule has 2 N–H and O–H groups in total. The van der Waals surface area contributed by atoms with Crippen LogP contribution >= 0.6 is 24.0 Å². The Morgan fingerprint density at radius 2 is 1.53 bits per heavy atom. The van der Waals surface area contributed by atoms with E-state index in [0.717, 1.165) is 17.9 Å². The van der Waals surface area contributed by atoms with Gasteiger partial charge in [-0.2, -0.15) is 0 Å². The van der Waals surface area contributed by atoms with Crippen molar-refractivity contribution in [1.29, 1.82) is 0 Å². The first-order valence-electron chi connectivity index (χ1n) is 10.2. The van der Waals surface area contributed by atoms with E-state index in [2.05, 4.69) is 71.1 Å². The fourth-order valence-electron chi connectivity index (χ4n) is 3.32. The molecule has 0 unspecified atom stereocenters. The van der Waals surface area contributed by atoms with Gasteiger partial charge in [-0.1, -0.05) is 60.2 Å². The molecule has 0 atom stereocenters. The molecule has 0 aliphatic heterocycles. The lowest BCUT2D eigenvalue weighted by molar-refractivity contribution is 0.602. The lowest BCUT2D eigenvalue weighted by Crippen LogP contribution is -2.37. The molecule has 7 heteroatoms. The van der Waals surface area contributed by atoms with Crippen LogP contribution in [0.3, 0.4) is 0 Å². The Kier molecular flexibility index (Phi) is 9.71. The second-order valence-corrected chi connectivity index (χ2v) is 9.60. The molecule has 0 saturated heterocycles. The molecule has 0 aliphatic rings. The van der Waals surface area contributed by atoms with Crippen molar-refractivity contribution in [3.63, 3.8) is 0 Å². The van der Waals surface area contributed by atoms with Crippen molar-refractivity contribution in [2.45, 2.75) is 24.8 Å². The third-order valence-corrected chi connectivity index (χ3v) is 6.15. The first-order chi connectivity index (χ1) is 14.8. The number of hydrogen-bond acceptors (Lipinski definition) is 3. The van der Waals surface area contributed by atoms with Crippen molar-refractivity contribution < 1.29 is 8.42 Å². The molecule has 0 amide bonds. The molecular formula is C25H30IN3O2S. The highest BCUT2D eigenvalue weighted by molar-refractivity contribution is 14.0. The number of nitrogens with zero attached hydrogens (tertiary/aromatic N) is 1. The number of nitrogens with one attached hydrogen (secondary N) is 2. The van der Waals surface area contributed by atoms with Crippen molar-refractivity contribution >= 4 is 39.8 Å². The Morgan fingerprint density at radius 1 is 0.875 bits per heavy atom. The first-order valence-corrected chi connectivity index (χ1v) is 12.1. The highest BCUT2D eigenvalue weighted by Gasteiger charge is 2.06. The molecule has 0 saturated carbocycles. The molecule has 3 rings (SSSR count). The minimum Gasteiger partial charge on any atom is -0.356 e. The Balaban J connectivity index is 0.00000363. The summed E-state index contributed by atoms with van der Waals surface area (Å²) in [6.07, 6.45) is 1.99. The van der Waals surface area contributed by atoms with Crippen molar-refractivity contribution in [3.8, 4) is 11.1 Å². The van der Waals surface area contributed by atoms with Gasteiger partial charge in [-0.05, 0) is 53.8 Å². The van der Waals surface area contributed by atoms with E-state index < -0.39 is 9.84 Å². The topological polar surface area (TPSA) is 70.6 Å². The molecule has 3 aromatic carbocycles. The maximum atomic E-state index is 11.6. The molecule has 0 heterocycles.